The molecule has 0 aliphatic heterocycles. The molecule has 2 N–H and O–H groups in total. The van der Waals surface area contributed by atoms with Crippen LogP contribution in [0.3, 0.4) is 0 Å². The van der Waals surface area contributed by atoms with Gasteiger partial charge in [-0.3, -0.25) is 9.59 Å². The van der Waals surface area contributed by atoms with Gasteiger partial charge in [0.2, 0.25) is 0 Å². The highest BCUT2D eigenvalue weighted by Crippen LogP contribution is 2.23. The van der Waals surface area contributed by atoms with Gasteiger partial charge >= 0.3 is 11.6 Å². The third-order valence-electron chi connectivity index (χ3n) is 4.12. The average molecular weight is 361 g/mol. The maximum Gasteiger partial charge on any atom is 0.349 e. The number of hydrogen-bond acceptors (Lipinski definition) is 5. The highest BCUT2D eigenvalue weighted by Gasteiger charge is 2.28. The van der Waals surface area contributed by atoms with Crippen LogP contribution in [0.15, 0.2) is 33.5 Å². The molecular weight excluding hydrogens is 338 g/mol. The summed E-state index contributed by atoms with van der Waals surface area (Å²) in [6, 6.07) is 6.22. The Hall–Kier alpha value is -2.83. The summed E-state index contributed by atoms with van der Waals surface area (Å²) in [7, 11) is 0. The Morgan fingerprint density at radius 1 is 1.31 bits per heavy atom. The van der Waals surface area contributed by atoms with Gasteiger partial charge < -0.3 is 19.6 Å². The first-order valence-corrected chi connectivity index (χ1v) is 8.39. The first-order valence-electron chi connectivity index (χ1n) is 8.39. The Bertz CT molecular complexity index is 883. The second-order valence-corrected chi connectivity index (χ2v) is 6.91. The molecule has 2 rings (SSSR count). The minimum absolute atomic E-state index is 0.0343. The molecule has 7 nitrogen and oxygen atoms in total. The Labute approximate surface area is 151 Å². The minimum Gasteiger partial charge on any atom is -0.492 e. The van der Waals surface area contributed by atoms with Crippen LogP contribution in [0.5, 0.6) is 5.75 Å². The Kier molecular flexibility index (Phi) is 5.69. The number of benzene rings is 1. The average Bonchev–Trinajstić information content (AvgIpc) is 2.58. The van der Waals surface area contributed by atoms with E-state index in [0.29, 0.717) is 11.1 Å². The van der Waals surface area contributed by atoms with Crippen LogP contribution in [0.25, 0.3) is 11.0 Å². The summed E-state index contributed by atoms with van der Waals surface area (Å²) in [5.74, 6) is -1.06. The summed E-state index contributed by atoms with van der Waals surface area (Å²) >= 11 is 0. The third-order valence-corrected chi connectivity index (χ3v) is 4.12. The molecule has 7 heteroatoms. The Morgan fingerprint density at radius 3 is 2.62 bits per heavy atom. The second kappa shape index (κ2) is 7.59. The first kappa shape index (κ1) is 19.5. The van der Waals surface area contributed by atoms with Gasteiger partial charge in [-0.05, 0) is 45.4 Å². The van der Waals surface area contributed by atoms with Crippen molar-refractivity contribution in [3.05, 3.63) is 40.2 Å². The van der Waals surface area contributed by atoms with Crippen LogP contribution in [0.2, 0.25) is 0 Å². The summed E-state index contributed by atoms with van der Waals surface area (Å²) in [6.45, 7) is 6.86. The van der Waals surface area contributed by atoms with Crippen LogP contribution in [0.4, 0.5) is 0 Å². The smallest absolute Gasteiger partial charge is 0.349 e. The summed E-state index contributed by atoms with van der Waals surface area (Å²) in [5.41, 5.74) is -1.58. The van der Waals surface area contributed by atoms with Gasteiger partial charge in [0.1, 0.15) is 23.5 Å². The SMILES string of the molecule is CCC(C)NC(=O)c1cc2ccc(OCC(C)(C)C(=O)O)cc2oc1=O. The van der Waals surface area contributed by atoms with Gasteiger partial charge in [-0.2, -0.15) is 0 Å². The predicted octanol–water partition coefficient (Wildman–Crippen LogP) is 2.81. The van der Waals surface area contributed by atoms with E-state index in [9.17, 15) is 14.4 Å². The van der Waals surface area contributed by atoms with Gasteiger partial charge in [-0.15, -0.1) is 0 Å². The van der Waals surface area contributed by atoms with E-state index in [4.69, 9.17) is 14.3 Å². The van der Waals surface area contributed by atoms with E-state index in [1.54, 1.807) is 26.0 Å². The number of carboxylic acid groups (broad SMARTS) is 1. The number of rotatable bonds is 7. The topological polar surface area (TPSA) is 106 Å². The van der Waals surface area contributed by atoms with Crippen molar-refractivity contribution in [2.75, 3.05) is 6.61 Å². The van der Waals surface area contributed by atoms with Gasteiger partial charge in [0.25, 0.3) is 5.91 Å². The Morgan fingerprint density at radius 2 is 2.00 bits per heavy atom. The van der Waals surface area contributed by atoms with Crippen LogP contribution in [0, 0.1) is 5.41 Å². The van der Waals surface area contributed by atoms with Gasteiger partial charge in [-0.25, -0.2) is 4.79 Å². The highest BCUT2D eigenvalue weighted by molar-refractivity contribution is 5.96. The lowest BCUT2D eigenvalue weighted by Gasteiger charge is -2.19. The van der Waals surface area contributed by atoms with Crippen molar-refractivity contribution in [1.82, 2.24) is 5.32 Å². The summed E-state index contributed by atoms with van der Waals surface area (Å²) in [6.07, 6.45) is 0.748. The van der Waals surface area contributed by atoms with Crippen molar-refractivity contribution < 1.29 is 23.8 Å². The summed E-state index contributed by atoms with van der Waals surface area (Å²) in [5, 5.41) is 12.4. The van der Waals surface area contributed by atoms with Crippen molar-refractivity contribution in [2.24, 2.45) is 5.41 Å². The van der Waals surface area contributed by atoms with Gasteiger partial charge in [0, 0.05) is 17.5 Å². The van der Waals surface area contributed by atoms with E-state index in [1.165, 1.54) is 12.1 Å². The molecule has 1 heterocycles. The van der Waals surface area contributed by atoms with E-state index < -0.39 is 22.9 Å². The number of amides is 1. The molecule has 140 valence electrons. The molecule has 0 saturated heterocycles. The molecule has 0 radical (unpaired) electrons. The predicted molar refractivity (Wildman–Crippen MR) is 96.6 cm³/mol. The molecule has 0 aliphatic rings. The van der Waals surface area contributed by atoms with Crippen molar-refractivity contribution in [3.8, 4) is 5.75 Å². The maximum atomic E-state index is 12.2. The fraction of sp³-hybridized carbons (Fsp3) is 0.421. The number of carbonyl (C=O) groups is 2. The number of nitrogens with one attached hydrogen (secondary N) is 1. The van der Waals surface area contributed by atoms with Crippen LogP contribution in [-0.2, 0) is 4.79 Å². The monoisotopic (exact) mass is 361 g/mol. The molecule has 0 saturated carbocycles. The summed E-state index contributed by atoms with van der Waals surface area (Å²) < 4.78 is 10.7. The molecule has 0 fully saturated rings. The van der Waals surface area contributed by atoms with Crippen molar-refractivity contribution in [1.29, 1.82) is 0 Å². The molecule has 0 aliphatic carbocycles. The van der Waals surface area contributed by atoms with Crippen LogP contribution < -0.4 is 15.7 Å². The lowest BCUT2D eigenvalue weighted by atomic mass is 9.95. The van der Waals surface area contributed by atoms with Crippen LogP contribution >= 0.6 is 0 Å². The van der Waals surface area contributed by atoms with E-state index in [2.05, 4.69) is 5.32 Å². The second-order valence-electron chi connectivity index (χ2n) is 6.91. The van der Waals surface area contributed by atoms with Gasteiger partial charge in [0.15, 0.2) is 0 Å². The zero-order chi connectivity index (χ0) is 19.5. The van der Waals surface area contributed by atoms with Crippen molar-refractivity contribution in [3.63, 3.8) is 0 Å². The largest absolute Gasteiger partial charge is 0.492 e. The van der Waals surface area contributed by atoms with Crippen molar-refractivity contribution >= 4 is 22.8 Å². The Balaban J connectivity index is 2.26. The van der Waals surface area contributed by atoms with Crippen molar-refractivity contribution in [2.45, 2.75) is 40.2 Å². The van der Waals surface area contributed by atoms with Gasteiger partial charge in [-0.1, -0.05) is 6.92 Å². The fourth-order valence-electron chi connectivity index (χ4n) is 2.07. The maximum absolute atomic E-state index is 12.2. The van der Waals surface area contributed by atoms with Crippen LogP contribution in [0.1, 0.15) is 44.5 Å². The number of fused-ring (bicyclic) bond motifs is 1. The number of carbonyl (C=O) groups excluding carboxylic acids is 1. The molecule has 1 unspecified atom stereocenters. The molecule has 1 amide bonds. The molecule has 1 aromatic carbocycles. The molecule has 0 bridgehead atoms. The molecular formula is C19H23NO6. The van der Waals surface area contributed by atoms with E-state index in [0.717, 1.165) is 6.42 Å². The lowest BCUT2D eigenvalue weighted by Crippen LogP contribution is -2.34. The van der Waals surface area contributed by atoms with Crippen LogP contribution in [-0.4, -0.2) is 29.6 Å². The normalized spacial score (nSPS) is 12.6. The standard InChI is InChI=1S/C19H23NO6/c1-5-11(2)20-16(21)14-8-12-6-7-13(9-15(12)26-17(14)22)25-10-19(3,4)18(23)24/h6-9,11H,5,10H2,1-4H3,(H,20,21)(H,23,24). The number of aliphatic carboxylic acids is 1. The summed E-state index contributed by atoms with van der Waals surface area (Å²) in [4.78, 5) is 35.4. The number of hydrogen-bond donors (Lipinski definition) is 2. The minimum atomic E-state index is -1.05. The molecule has 1 aromatic heterocycles. The quantitative estimate of drug-likeness (QED) is 0.735. The molecule has 2 aromatic rings. The van der Waals surface area contributed by atoms with E-state index in [1.807, 2.05) is 13.8 Å². The first-order chi connectivity index (χ1) is 12.1. The van der Waals surface area contributed by atoms with Gasteiger partial charge in [0.05, 0.1) is 5.41 Å². The zero-order valence-electron chi connectivity index (χ0n) is 15.3. The van der Waals surface area contributed by atoms with E-state index >= 15 is 0 Å². The fourth-order valence-corrected chi connectivity index (χ4v) is 2.07. The number of carboxylic acids is 1. The number of ether oxygens (including phenoxy) is 1. The third kappa shape index (κ3) is 4.41. The molecule has 1 atom stereocenters. The zero-order valence-corrected chi connectivity index (χ0v) is 15.3. The molecule has 0 spiro atoms. The lowest BCUT2D eigenvalue weighted by molar-refractivity contribution is -0.148. The van der Waals surface area contributed by atoms with E-state index in [-0.39, 0.29) is 23.8 Å². The molecule has 26 heavy (non-hydrogen) atoms. The highest BCUT2D eigenvalue weighted by atomic mass is 16.5.